The van der Waals surface area contributed by atoms with E-state index in [0.717, 1.165) is 32.1 Å². The van der Waals surface area contributed by atoms with Crippen LogP contribution in [-0.2, 0) is 10.0 Å². The maximum absolute atomic E-state index is 12.2. The van der Waals surface area contributed by atoms with Crippen LogP contribution in [0.1, 0.15) is 46.0 Å². The summed E-state index contributed by atoms with van der Waals surface area (Å²) < 4.78 is 26.1. The molecule has 0 aliphatic heterocycles. The van der Waals surface area contributed by atoms with Crippen molar-refractivity contribution in [2.45, 2.75) is 52.0 Å². The number of alkyl halides is 1. The minimum atomic E-state index is -3.15. The summed E-state index contributed by atoms with van der Waals surface area (Å²) in [5, 5.41) is 0. The van der Waals surface area contributed by atoms with Gasteiger partial charge in [-0.3, -0.25) is 0 Å². The topological polar surface area (TPSA) is 37.4 Å². The first kappa shape index (κ1) is 15.3. The van der Waals surface area contributed by atoms with E-state index in [-0.39, 0.29) is 17.7 Å². The second-order valence-electron chi connectivity index (χ2n) is 5.24. The summed E-state index contributed by atoms with van der Waals surface area (Å²) in [5.41, 5.74) is 0. The van der Waals surface area contributed by atoms with Crippen LogP contribution in [-0.4, -0.2) is 36.9 Å². The van der Waals surface area contributed by atoms with Crippen LogP contribution in [0, 0.1) is 5.92 Å². The lowest BCUT2D eigenvalue weighted by molar-refractivity contribution is 0.305. The average Bonchev–Trinajstić information content (AvgIpc) is 2.70. The molecule has 0 unspecified atom stereocenters. The van der Waals surface area contributed by atoms with Crippen molar-refractivity contribution >= 4 is 21.6 Å². The molecule has 1 aliphatic carbocycles. The second-order valence-corrected chi connectivity index (χ2v) is 7.66. The van der Waals surface area contributed by atoms with E-state index >= 15 is 0 Å². The Labute approximate surface area is 111 Å². The van der Waals surface area contributed by atoms with Crippen LogP contribution in [0.3, 0.4) is 0 Å². The Morgan fingerprint density at radius 3 is 2.35 bits per heavy atom. The van der Waals surface area contributed by atoms with Crippen molar-refractivity contribution in [2.24, 2.45) is 5.92 Å². The Kier molecular flexibility index (Phi) is 6.24. The summed E-state index contributed by atoms with van der Waals surface area (Å²) in [7, 11) is -3.15. The summed E-state index contributed by atoms with van der Waals surface area (Å²) in [5.74, 6) is 0.793. The molecular formula is C12H24ClNO2S. The van der Waals surface area contributed by atoms with Crippen molar-refractivity contribution in [3.63, 3.8) is 0 Å². The highest BCUT2D eigenvalue weighted by Crippen LogP contribution is 2.26. The monoisotopic (exact) mass is 281 g/mol. The average molecular weight is 282 g/mol. The zero-order valence-electron chi connectivity index (χ0n) is 10.9. The quantitative estimate of drug-likeness (QED) is 0.673. The van der Waals surface area contributed by atoms with Gasteiger partial charge in [-0.25, -0.2) is 8.42 Å². The molecule has 17 heavy (non-hydrogen) atoms. The van der Waals surface area contributed by atoms with Gasteiger partial charge in [-0.2, -0.15) is 4.31 Å². The highest BCUT2D eigenvalue weighted by Gasteiger charge is 2.31. The molecule has 1 aliphatic rings. The van der Waals surface area contributed by atoms with Crippen LogP contribution in [0.15, 0.2) is 0 Å². The van der Waals surface area contributed by atoms with E-state index in [4.69, 9.17) is 11.6 Å². The largest absolute Gasteiger partial charge is 0.215 e. The molecule has 0 heterocycles. The SMILES string of the molecule is CC(C)CCN(C1CCCC1)S(=O)(=O)CCCl. The number of sulfonamides is 1. The van der Waals surface area contributed by atoms with Crippen LogP contribution in [0.2, 0.25) is 0 Å². The van der Waals surface area contributed by atoms with Gasteiger partial charge in [0.05, 0.1) is 5.75 Å². The summed E-state index contributed by atoms with van der Waals surface area (Å²) in [6.45, 7) is 4.91. The molecule has 0 radical (unpaired) electrons. The van der Waals surface area contributed by atoms with Crippen molar-refractivity contribution in [3.8, 4) is 0 Å². The molecule has 0 atom stereocenters. The van der Waals surface area contributed by atoms with Crippen LogP contribution >= 0.6 is 11.6 Å². The lowest BCUT2D eigenvalue weighted by atomic mass is 10.1. The molecule has 0 bridgehead atoms. The van der Waals surface area contributed by atoms with Gasteiger partial charge in [0.25, 0.3) is 0 Å². The Bertz CT molecular complexity index is 310. The number of halogens is 1. The minimum Gasteiger partial charge on any atom is -0.212 e. The van der Waals surface area contributed by atoms with Gasteiger partial charge >= 0.3 is 0 Å². The predicted molar refractivity (Wildman–Crippen MR) is 72.9 cm³/mol. The fourth-order valence-corrected chi connectivity index (χ4v) is 4.40. The first-order chi connectivity index (χ1) is 7.97. The van der Waals surface area contributed by atoms with E-state index < -0.39 is 10.0 Å². The van der Waals surface area contributed by atoms with E-state index in [9.17, 15) is 8.42 Å². The maximum Gasteiger partial charge on any atom is 0.215 e. The van der Waals surface area contributed by atoms with Crippen LogP contribution in [0.4, 0.5) is 0 Å². The fraction of sp³-hybridized carbons (Fsp3) is 1.00. The molecule has 0 aromatic rings. The second kappa shape index (κ2) is 6.95. The fourth-order valence-electron chi connectivity index (χ4n) is 2.34. The van der Waals surface area contributed by atoms with Gasteiger partial charge < -0.3 is 0 Å². The predicted octanol–water partition coefficient (Wildman–Crippen LogP) is 2.85. The summed E-state index contributed by atoms with van der Waals surface area (Å²) in [6.07, 6.45) is 5.26. The minimum absolute atomic E-state index is 0.0726. The molecular weight excluding hydrogens is 258 g/mol. The molecule has 0 amide bonds. The van der Waals surface area contributed by atoms with Gasteiger partial charge in [0.2, 0.25) is 10.0 Å². The van der Waals surface area contributed by atoms with Crippen LogP contribution < -0.4 is 0 Å². The summed E-state index contributed by atoms with van der Waals surface area (Å²) in [6, 6.07) is 0.224. The number of hydrogen-bond acceptors (Lipinski definition) is 2. The lowest BCUT2D eigenvalue weighted by Gasteiger charge is -2.28. The summed E-state index contributed by atoms with van der Waals surface area (Å²) in [4.78, 5) is 0. The smallest absolute Gasteiger partial charge is 0.212 e. The molecule has 5 heteroatoms. The van der Waals surface area contributed by atoms with Crippen molar-refractivity contribution in [1.29, 1.82) is 0 Å². The summed E-state index contributed by atoms with van der Waals surface area (Å²) >= 11 is 5.59. The Balaban J connectivity index is 2.70. The van der Waals surface area contributed by atoms with E-state index in [2.05, 4.69) is 13.8 Å². The standard InChI is InChI=1S/C12H24ClNO2S/c1-11(2)7-9-14(12-5-3-4-6-12)17(15,16)10-8-13/h11-12H,3-10H2,1-2H3. The van der Waals surface area contributed by atoms with Gasteiger partial charge in [-0.05, 0) is 25.2 Å². The molecule has 0 saturated heterocycles. The molecule has 0 aromatic heterocycles. The van der Waals surface area contributed by atoms with E-state index in [1.807, 2.05) is 0 Å². The van der Waals surface area contributed by atoms with E-state index in [1.165, 1.54) is 0 Å². The normalized spacial score (nSPS) is 18.4. The molecule has 1 rings (SSSR count). The van der Waals surface area contributed by atoms with Crippen molar-refractivity contribution in [1.82, 2.24) is 4.31 Å². The number of rotatable bonds is 7. The lowest BCUT2D eigenvalue weighted by Crippen LogP contribution is -2.41. The first-order valence-electron chi connectivity index (χ1n) is 6.53. The molecule has 1 saturated carbocycles. The third kappa shape index (κ3) is 4.76. The van der Waals surface area contributed by atoms with Crippen molar-refractivity contribution in [3.05, 3.63) is 0 Å². The molecule has 102 valence electrons. The molecule has 0 aromatic carbocycles. The highest BCUT2D eigenvalue weighted by molar-refractivity contribution is 7.89. The Morgan fingerprint density at radius 1 is 1.29 bits per heavy atom. The Hall–Kier alpha value is 0.200. The Morgan fingerprint density at radius 2 is 1.88 bits per heavy atom. The van der Waals surface area contributed by atoms with Gasteiger partial charge in [0.1, 0.15) is 0 Å². The van der Waals surface area contributed by atoms with Gasteiger partial charge in [0.15, 0.2) is 0 Å². The van der Waals surface area contributed by atoms with E-state index in [1.54, 1.807) is 4.31 Å². The molecule has 0 N–H and O–H groups in total. The maximum atomic E-state index is 12.2. The molecule has 3 nitrogen and oxygen atoms in total. The number of nitrogens with zero attached hydrogens (tertiary/aromatic N) is 1. The van der Waals surface area contributed by atoms with E-state index in [0.29, 0.717) is 12.5 Å². The first-order valence-corrected chi connectivity index (χ1v) is 8.67. The zero-order chi connectivity index (χ0) is 12.9. The molecule has 0 spiro atoms. The van der Waals surface area contributed by atoms with Gasteiger partial charge in [-0.15, -0.1) is 11.6 Å². The third-order valence-electron chi connectivity index (χ3n) is 3.35. The molecule has 1 fully saturated rings. The van der Waals surface area contributed by atoms with Crippen molar-refractivity contribution in [2.75, 3.05) is 18.2 Å². The number of hydrogen-bond donors (Lipinski definition) is 0. The van der Waals surface area contributed by atoms with Crippen LogP contribution in [0.25, 0.3) is 0 Å². The van der Waals surface area contributed by atoms with Crippen molar-refractivity contribution < 1.29 is 8.42 Å². The van der Waals surface area contributed by atoms with Gasteiger partial charge in [-0.1, -0.05) is 26.7 Å². The highest BCUT2D eigenvalue weighted by atomic mass is 35.5. The van der Waals surface area contributed by atoms with Crippen LogP contribution in [0.5, 0.6) is 0 Å². The van der Waals surface area contributed by atoms with Gasteiger partial charge in [0, 0.05) is 18.5 Å². The third-order valence-corrected chi connectivity index (χ3v) is 5.68. The zero-order valence-corrected chi connectivity index (χ0v) is 12.4.